The molecule has 1 aromatic rings. The number of ketones is 1. The molecular formula is C36H57N5O4. The van der Waals surface area contributed by atoms with E-state index in [0.717, 1.165) is 62.9 Å². The zero-order chi connectivity index (χ0) is 33.6. The lowest BCUT2D eigenvalue weighted by atomic mass is 9.52. The van der Waals surface area contributed by atoms with Gasteiger partial charge in [0, 0.05) is 31.0 Å². The first-order chi connectivity index (χ1) is 21.1. The van der Waals surface area contributed by atoms with Gasteiger partial charge in [-0.3, -0.25) is 19.5 Å². The average molecular weight is 624 g/mol. The Hall–Kier alpha value is -2.88. The largest absolute Gasteiger partial charge is 0.464 e. The molecule has 0 spiro atoms. The second kappa shape index (κ2) is 15.1. The minimum atomic E-state index is -1.05. The quantitative estimate of drug-likeness (QED) is 0.0977. The van der Waals surface area contributed by atoms with Gasteiger partial charge in [0.05, 0.1) is 23.9 Å². The number of benzene rings is 1. The van der Waals surface area contributed by atoms with Gasteiger partial charge in [0.1, 0.15) is 6.54 Å². The van der Waals surface area contributed by atoms with Crippen molar-refractivity contribution in [3.8, 4) is 0 Å². The predicted molar refractivity (Wildman–Crippen MR) is 180 cm³/mol. The van der Waals surface area contributed by atoms with E-state index in [9.17, 15) is 14.7 Å². The lowest BCUT2D eigenvalue weighted by Gasteiger charge is -2.54. The normalized spacial score (nSPS) is 25.8. The Morgan fingerprint density at radius 2 is 1.91 bits per heavy atom. The minimum Gasteiger partial charge on any atom is -0.464 e. The van der Waals surface area contributed by atoms with Crippen molar-refractivity contribution in [3.63, 3.8) is 0 Å². The molecule has 0 bridgehead atoms. The lowest BCUT2D eigenvalue weighted by Crippen LogP contribution is -2.67. The molecule has 0 amide bonds. The summed E-state index contributed by atoms with van der Waals surface area (Å²) in [5.41, 5.74) is 8.17. The van der Waals surface area contributed by atoms with Crippen molar-refractivity contribution in [2.75, 3.05) is 33.3 Å². The van der Waals surface area contributed by atoms with Crippen molar-refractivity contribution in [1.82, 2.24) is 9.91 Å². The van der Waals surface area contributed by atoms with Gasteiger partial charge in [-0.2, -0.15) is 0 Å². The summed E-state index contributed by atoms with van der Waals surface area (Å²) in [6.45, 7) is 23.0. The molecule has 0 heterocycles. The van der Waals surface area contributed by atoms with Gasteiger partial charge in [0.15, 0.2) is 5.78 Å². The number of aliphatic hydroxyl groups excluding tert-OH is 1. The molecule has 1 aromatic carbocycles. The van der Waals surface area contributed by atoms with Crippen LogP contribution in [0.3, 0.4) is 0 Å². The molecule has 1 unspecified atom stereocenters. The molecule has 2 aliphatic carbocycles. The molecule has 2 aliphatic rings. The van der Waals surface area contributed by atoms with Crippen LogP contribution in [-0.2, 0) is 20.9 Å². The number of carbonyl (C=O) groups excluding carboxylic acids is 2. The van der Waals surface area contributed by atoms with E-state index in [0.29, 0.717) is 12.1 Å². The molecular weight excluding hydrogens is 566 g/mol. The smallest absolute Gasteiger partial charge is 0.327 e. The molecule has 3 N–H and O–H groups in total. The van der Waals surface area contributed by atoms with E-state index in [1.165, 1.54) is 10.6 Å². The fourth-order valence-corrected chi connectivity index (χ4v) is 7.47. The summed E-state index contributed by atoms with van der Waals surface area (Å²) in [4.78, 5) is 28.7. The van der Waals surface area contributed by atoms with Gasteiger partial charge in [-0.05, 0) is 81.0 Å². The second-order valence-corrected chi connectivity index (χ2v) is 14.3. The maximum atomic E-state index is 13.3. The van der Waals surface area contributed by atoms with E-state index in [2.05, 4.69) is 54.4 Å². The molecule has 45 heavy (non-hydrogen) atoms. The molecule has 250 valence electrons. The van der Waals surface area contributed by atoms with E-state index in [1.807, 2.05) is 39.8 Å². The SMILES string of the molecule is C=C(/N=N\N(C)CC(=O)OC[C@]1(C)[C@H](CCC(C)(C)[C@@H](O)C(=C)C)CCC2CCC(=O)[C@]21N)c1cccc(CN(CC)CC)c1. The highest BCUT2D eigenvalue weighted by Gasteiger charge is 2.63. The van der Waals surface area contributed by atoms with Crippen molar-refractivity contribution in [3.05, 3.63) is 54.1 Å². The summed E-state index contributed by atoms with van der Waals surface area (Å²) in [5.74, 6) is -0.268. The maximum Gasteiger partial charge on any atom is 0.327 e. The van der Waals surface area contributed by atoms with Crippen molar-refractivity contribution >= 4 is 17.4 Å². The summed E-state index contributed by atoms with van der Waals surface area (Å²) < 4.78 is 5.89. The third-order valence-corrected chi connectivity index (χ3v) is 10.6. The molecule has 2 fully saturated rings. The van der Waals surface area contributed by atoms with E-state index >= 15 is 0 Å². The molecule has 3 rings (SSSR count). The van der Waals surface area contributed by atoms with Crippen molar-refractivity contribution < 1.29 is 19.4 Å². The third-order valence-electron chi connectivity index (χ3n) is 10.6. The number of fused-ring (bicyclic) bond motifs is 1. The van der Waals surface area contributed by atoms with Crippen LogP contribution < -0.4 is 5.73 Å². The Bertz CT molecular complexity index is 1260. The van der Waals surface area contributed by atoms with Crippen molar-refractivity contribution in [2.45, 2.75) is 98.3 Å². The van der Waals surface area contributed by atoms with Gasteiger partial charge in [-0.25, -0.2) is 0 Å². The average Bonchev–Trinajstić information content (AvgIpc) is 3.31. The number of hydrogen-bond donors (Lipinski definition) is 2. The molecule has 9 nitrogen and oxygen atoms in total. The standard InChI is InChI=1S/C36H57N5O4/c1-10-41(11-2)22-27-13-12-14-28(21-27)26(5)38-39-40(9)23-32(43)45-24-35(8)29(19-20-34(6,7)33(44)25(3)4)15-16-30-17-18-31(42)36(30,35)37/h12-14,21,29-30,33,44H,3,5,10-11,15-20,22-24,37H2,1-2,4,6-9H3/b39-38-/t29-,30?,33-,35+,36+/m0/s1. The number of esters is 1. The number of likely N-dealkylation sites (N-methyl/N-ethyl adjacent to an activating group) is 1. The van der Waals surface area contributed by atoms with Crippen LogP contribution in [-0.4, -0.2) is 71.7 Å². The van der Waals surface area contributed by atoms with Crippen LogP contribution in [0.4, 0.5) is 0 Å². The topological polar surface area (TPSA) is 121 Å². The number of aliphatic hydroxyl groups is 1. The molecule has 5 atom stereocenters. The van der Waals surface area contributed by atoms with Gasteiger partial charge in [-0.15, -0.1) is 5.11 Å². The zero-order valence-electron chi connectivity index (χ0n) is 28.8. The van der Waals surface area contributed by atoms with Crippen molar-refractivity contribution in [1.29, 1.82) is 0 Å². The second-order valence-electron chi connectivity index (χ2n) is 14.3. The Morgan fingerprint density at radius 3 is 2.56 bits per heavy atom. The monoisotopic (exact) mass is 623 g/mol. The summed E-state index contributed by atoms with van der Waals surface area (Å²) in [6, 6.07) is 8.09. The molecule has 0 radical (unpaired) electrons. The first kappa shape index (κ1) is 36.6. The number of ether oxygens (including phenoxy) is 1. The lowest BCUT2D eigenvalue weighted by molar-refractivity contribution is -0.159. The highest BCUT2D eigenvalue weighted by molar-refractivity contribution is 5.92. The minimum absolute atomic E-state index is 0.0513. The van der Waals surface area contributed by atoms with Crippen LogP contribution in [0, 0.1) is 22.7 Å². The van der Waals surface area contributed by atoms with Crippen LogP contribution in [0.2, 0.25) is 0 Å². The summed E-state index contributed by atoms with van der Waals surface area (Å²) in [6.07, 6.45) is 3.88. The van der Waals surface area contributed by atoms with Gasteiger partial charge >= 0.3 is 5.97 Å². The molecule has 9 heteroatoms. The Kier molecular flexibility index (Phi) is 12.3. The predicted octanol–water partition coefficient (Wildman–Crippen LogP) is 6.18. The number of rotatable bonds is 16. The molecule has 0 aromatic heterocycles. The molecule has 2 saturated carbocycles. The number of hydrogen-bond acceptors (Lipinski definition) is 8. The van der Waals surface area contributed by atoms with E-state index in [1.54, 1.807) is 7.05 Å². The Balaban J connectivity index is 1.66. The maximum absolute atomic E-state index is 13.3. The van der Waals surface area contributed by atoms with Crippen LogP contribution >= 0.6 is 0 Å². The van der Waals surface area contributed by atoms with E-state index in [-0.39, 0.29) is 36.2 Å². The Labute approximate surface area is 270 Å². The fourth-order valence-electron chi connectivity index (χ4n) is 7.47. The molecule has 0 saturated heterocycles. The zero-order valence-corrected chi connectivity index (χ0v) is 28.8. The van der Waals surface area contributed by atoms with Crippen LogP contribution in [0.1, 0.15) is 91.2 Å². The van der Waals surface area contributed by atoms with Crippen LogP contribution in [0.25, 0.3) is 5.70 Å². The molecule has 0 aliphatic heterocycles. The van der Waals surface area contributed by atoms with Gasteiger partial charge in [-0.1, -0.05) is 76.8 Å². The van der Waals surface area contributed by atoms with Crippen molar-refractivity contribution in [2.24, 2.45) is 38.7 Å². The van der Waals surface area contributed by atoms with Gasteiger partial charge in [0.2, 0.25) is 0 Å². The summed E-state index contributed by atoms with van der Waals surface area (Å²) in [5, 5.41) is 20.6. The first-order valence-electron chi connectivity index (χ1n) is 16.5. The van der Waals surface area contributed by atoms with E-state index < -0.39 is 23.0 Å². The Morgan fingerprint density at radius 1 is 1.22 bits per heavy atom. The highest BCUT2D eigenvalue weighted by atomic mass is 16.5. The summed E-state index contributed by atoms with van der Waals surface area (Å²) in [7, 11) is 1.66. The highest BCUT2D eigenvalue weighted by Crippen LogP contribution is 2.56. The number of Topliss-reactive ketones (excluding diaryl/α,β-unsaturated/α-hetero) is 1. The van der Waals surface area contributed by atoms with Gasteiger partial charge < -0.3 is 15.6 Å². The summed E-state index contributed by atoms with van der Waals surface area (Å²) >= 11 is 0. The van der Waals surface area contributed by atoms with E-state index in [4.69, 9.17) is 10.5 Å². The van der Waals surface area contributed by atoms with Crippen LogP contribution in [0.5, 0.6) is 0 Å². The third kappa shape index (κ3) is 8.29. The number of nitrogens with two attached hydrogens (primary N) is 1. The van der Waals surface area contributed by atoms with Gasteiger partial charge in [0.25, 0.3) is 0 Å². The fraction of sp³-hybridized carbons (Fsp3) is 0.667. The first-order valence-corrected chi connectivity index (χ1v) is 16.5. The number of carbonyl (C=O) groups is 2. The number of nitrogens with zero attached hydrogens (tertiary/aromatic N) is 4. The van der Waals surface area contributed by atoms with Crippen LogP contribution in [0.15, 0.2) is 53.3 Å².